The van der Waals surface area contributed by atoms with E-state index in [1.807, 2.05) is 36.4 Å². The molecule has 8 heteroatoms. The number of benzene rings is 3. The summed E-state index contributed by atoms with van der Waals surface area (Å²) in [5.74, 6) is 1.22. The molecule has 4 aromatic rings. The number of hydrogen-bond acceptors (Lipinski definition) is 7. The van der Waals surface area contributed by atoms with E-state index in [1.165, 1.54) is 12.8 Å². The van der Waals surface area contributed by atoms with Gasteiger partial charge in [-0.05, 0) is 53.8 Å². The summed E-state index contributed by atoms with van der Waals surface area (Å²) in [5.41, 5.74) is 1.76. The SMILES string of the molecule is Oc1cc(-c2ccc3c(N4CC5CCC(C4)N5)nc(N4CCC5(CNC5)C4)nc3c2F)c2ccccc2c1. The van der Waals surface area contributed by atoms with Crippen molar-refractivity contribution in [3.8, 4) is 16.9 Å². The summed E-state index contributed by atoms with van der Waals surface area (Å²) in [6.45, 7) is 5.57. The van der Waals surface area contributed by atoms with E-state index in [-0.39, 0.29) is 17.0 Å². The molecule has 1 spiro atoms. The van der Waals surface area contributed by atoms with Gasteiger partial charge in [0, 0.05) is 67.7 Å². The Labute approximate surface area is 220 Å². The Hall–Kier alpha value is -3.49. The standard InChI is InChI=1S/C30H31FN6O/c31-26-23(25-12-21(38)11-18-3-1-2-4-22(18)25)7-8-24-27(26)34-29(36-10-9-30(17-36)15-32-16-30)35-28(24)37-13-19-5-6-20(14-37)33-19/h1-4,7-8,11-12,19-20,32-33,38H,5-6,9-10,13-17H2. The van der Waals surface area contributed by atoms with Gasteiger partial charge in [0.25, 0.3) is 0 Å². The number of fused-ring (bicyclic) bond motifs is 4. The first kappa shape index (κ1) is 22.5. The van der Waals surface area contributed by atoms with Crippen LogP contribution in [0.25, 0.3) is 32.8 Å². The zero-order valence-electron chi connectivity index (χ0n) is 21.3. The Kier molecular flexibility index (Phi) is 4.88. The lowest BCUT2D eigenvalue weighted by Gasteiger charge is -2.39. The first-order valence-electron chi connectivity index (χ1n) is 13.7. The Morgan fingerprint density at radius 2 is 1.74 bits per heavy atom. The summed E-state index contributed by atoms with van der Waals surface area (Å²) in [6, 6.07) is 15.8. The highest BCUT2D eigenvalue weighted by Gasteiger charge is 2.44. The molecule has 5 heterocycles. The van der Waals surface area contributed by atoms with E-state index in [4.69, 9.17) is 9.97 Å². The molecular formula is C30H31FN6O. The average molecular weight is 511 g/mol. The second-order valence-electron chi connectivity index (χ2n) is 11.7. The minimum Gasteiger partial charge on any atom is -0.508 e. The van der Waals surface area contributed by atoms with Gasteiger partial charge in [-0.25, -0.2) is 9.37 Å². The zero-order chi connectivity index (χ0) is 25.4. The molecule has 0 radical (unpaired) electrons. The van der Waals surface area contributed by atoms with E-state index in [1.54, 1.807) is 12.1 Å². The number of aromatic hydroxyl groups is 1. The molecule has 4 aliphatic rings. The summed E-state index contributed by atoms with van der Waals surface area (Å²) >= 11 is 0. The van der Waals surface area contributed by atoms with E-state index in [0.717, 1.165) is 67.7 Å². The highest BCUT2D eigenvalue weighted by molar-refractivity contribution is 6.01. The van der Waals surface area contributed by atoms with Crippen LogP contribution in [0.4, 0.5) is 16.2 Å². The van der Waals surface area contributed by atoms with Crippen molar-refractivity contribution in [3.05, 3.63) is 54.3 Å². The number of nitrogens with zero attached hydrogens (tertiary/aromatic N) is 4. The maximum absolute atomic E-state index is 16.6. The van der Waals surface area contributed by atoms with Crippen LogP contribution >= 0.6 is 0 Å². The van der Waals surface area contributed by atoms with Gasteiger partial charge >= 0.3 is 0 Å². The molecule has 4 fully saturated rings. The van der Waals surface area contributed by atoms with Crippen LogP contribution in [0.15, 0.2) is 48.5 Å². The largest absolute Gasteiger partial charge is 0.508 e. The Morgan fingerprint density at radius 1 is 0.921 bits per heavy atom. The smallest absolute Gasteiger partial charge is 0.228 e. The molecule has 4 saturated heterocycles. The fraction of sp³-hybridized carbons (Fsp3) is 0.400. The van der Waals surface area contributed by atoms with Gasteiger partial charge in [-0.3, -0.25) is 0 Å². The molecule has 2 bridgehead atoms. The van der Waals surface area contributed by atoms with Crippen molar-refractivity contribution >= 4 is 33.4 Å². The lowest BCUT2D eigenvalue weighted by atomic mass is 9.81. The topological polar surface area (TPSA) is 76.6 Å². The van der Waals surface area contributed by atoms with Crippen LogP contribution in [0.5, 0.6) is 5.75 Å². The van der Waals surface area contributed by atoms with Crippen molar-refractivity contribution in [2.24, 2.45) is 5.41 Å². The Balaban J connectivity index is 1.31. The van der Waals surface area contributed by atoms with E-state index >= 15 is 4.39 Å². The van der Waals surface area contributed by atoms with E-state index in [9.17, 15) is 5.11 Å². The number of phenolic OH excluding ortho intramolecular Hbond substituents is 1. The zero-order valence-corrected chi connectivity index (χ0v) is 21.3. The van der Waals surface area contributed by atoms with Gasteiger partial charge in [0.15, 0.2) is 5.82 Å². The van der Waals surface area contributed by atoms with Crippen molar-refractivity contribution in [2.75, 3.05) is 49.1 Å². The maximum Gasteiger partial charge on any atom is 0.228 e. The lowest BCUT2D eigenvalue weighted by molar-refractivity contribution is 0.199. The van der Waals surface area contributed by atoms with Crippen LogP contribution < -0.4 is 20.4 Å². The maximum atomic E-state index is 16.6. The highest BCUT2D eigenvalue weighted by Crippen LogP contribution is 2.41. The number of aromatic nitrogens is 2. The van der Waals surface area contributed by atoms with Crippen LogP contribution in [0, 0.1) is 11.2 Å². The number of nitrogens with one attached hydrogen (secondary N) is 2. The molecule has 3 aromatic carbocycles. The third kappa shape index (κ3) is 3.47. The van der Waals surface area contributed by atoms with Crippen LogP contribution in [-0.4, -0.2) is 66.4 Å². The molecule has 38 heavy (non-hydrogen) atoms. The van der Waals surface area contributed by atoms with Gasteiger partial charge in [-0.15, -0.1) is 0 Å². The van der Waals surface area contributed by atoms with Gasteiger partial charge in [-0.1, -0.05) is 30.3 Å². The summed E-state index contributed by atoms with van der Waals surface area (Å²) < 4.78 is 16.6. The molecule has 1 aromatic heterocycles. The van der Waals surface area contributed by atoms with Crippen LogP contribution in [0.2, 0.25) is 0 Å². The molecule has 8 rings (SSSR count). The minimum atomic E-state index is -0.361. The lowest BCUT2D eigenvalue weighted by Crippen LogP contribution is -2.54. The highest BCUT2D eigenvalue weighted by atomic mass is 19.1. The normalized spacial score (nSPS) is 24.0. The molecule has 7 nitrogen and oxygen atoms in total. The Morgan fingerprint density at radius 3 is 2.50 bits per heavy atom. The molecule has 194 valence electrons. The van der Waals surface area contributed by atoms with Gasteiger partial charge in [0.05, 0.1) is 0 Å². The molecular weight excluding hydrogens is 479 g/mol. The fourth-order valence-corrected chi connectivity index (χ4v) is 7.09. The molecule has 2 atom stereocenters. The van der Waals surface area contributed by atoms with Crippen molar-refractivity contribution in [2.45, 2.75) is 31.3 Å². The number of anilines is 2. The van der Waals surface area contributed by atoms with E-state index < -0.39 is 0 Å². The number of phenols is 1. The number of piperazine rings is 1. The minimum absolute atomic E-state index is 0.120. The molecule has 4 aliphatic heterocycles. The third-order valence-electron chi connectivity index (χ3n) is 9.15. The molecule has 0 aliphatic carbocycles. The molecule has 0 amide bonds. The second-order valence-corrected chi connectivity index (χ2v) is 11.7. The second kappa shape index (κ2) is 8.25. The molecule has 2 unspecified atom stereocenters. The van der Waals surface area contributed by atoms with Crippen molar-refractivity contribution in [3.63, 3.8) is 0 Å². The quantitative estimate of drug-likeness (QED) is 0.384. The summed E-state index contributed by atoms with van der Waals surface area (Å²) in [6.07, 6.45) is 3.44. The number of hydrogen-bond donors (Lipinski definition) is 3. The molecule has 0 saturated carbocycles. The predicted octanol–water partition coefficient (Wildman–Crippen LogP) is 4.04. The van der Waals surface area contributed by atoms with Crippen LogP contribution in [-0.2, 0) is 0 Å². The predicted molar refractivity (Wildman–Crippen MR) is 148 cm³/mol. The summed E-state index contributed by atoms with van der Waals surface area (Å²) in [5, 5.41) is 20.1. The number of halogens is 1. The van der Waals surface area contributed by atoms with Gasteiger partial charge in [-0.2, -0.15) is 4.98 Å². The Bertz CT molecular complexity index is 1570. The summed E-state index contributed by atoms with van der Waals surface area (Å²) in [7, 11) is 0. The van der Waals surface area contributed by atoms with E-state index in [2.05, 4.69) is 20.4 Å². The van der Waals surface area contributed by atoms with Crippen molar-refractivity contribution in [1.82, 2.24) is 20.6 Å². The third-order valence-corrected chi connectivity index (χ3v) is 9.15. The van der Waals surface area contributed by atoms with Crippen molar-refractivity contribution < 1.29 is 9.50 Å². The fourth-order valence-electron chi connectivity index (χ4n) is 7.09. The van der Waals surface area contributed by atoms with E-state index in [0.29, 0.717) is 34.7 Å². The van der Waals surface area contributed by atoms with Gasteiger partial charge in [0.1, 0.15) is 17.1 Å². The van der Waals surface area contributed by atoms with Crippen molar-refractivity contribution in [1.29, 1.82) is 0 Å². The number of rotatable bonds is 3. The van der Waals surface area contributed by atoms with Gasteiger partial charge < -0.3 is 25.5 Å². The van der Waals surface area contributed by atoms with Crippen LogP contribution in [0.3, 0.4) is 0 Å². The van der Waals surface area contributed by atoms with Gasteiger partial charge in [0.2, 0.25) is 5.95 Å². The summed E-state index contributed by atoms with van der Waals surface area (Å²) in [4.78, 5) is 14.6. The molecule has 3 N–H and O–H groups in total. The monoisotopic (exact) mass is 510 g/mol. The first-order chi connectivity index (χ1) is 18.6. The average Bonchev–Trinajstić information content (AvgIpc) is 3.52. The van der Waals surface area contributed by atoms with Crippen LogP contribution in [0.1, 0.15) is 19.3 Å². The first-order valence-corrected chi connectivity index (χ1v) is 13.7.